The average Bonchev–Trinajstić information content (AvgIpc) is 2.81. The van der Waals surface area contributed by atoms with Gasteiger partial charge < -0.3 is 20.4 Å². The Labute approximate surface area is 240 Å². The lowest BCUT2D eigenvalue weighted by Crippen LogP contribution is -2.12. The van der Waals surface area contributed by atoms with Crippen LogP contribution in [0.5, 0.6) is 0 Å². The van der Waals surface area contributed by atoms with Crippen LogP contribution in [0.15, 0.2) is 0 Å². The van der Waals surface area contributed by atoms with Crippen LogP contribution in [-0.4, -0.2) is 64.7 Å². The Morgan fingerprint density at radius 2 is 0.667 bits per heavy atom. The van der Waals surface area contributed by atoms with Crippen molar-refractivity contribution in [1.29, 1.82) is 0 Å². The van der Waals surface area contributed by atoms with Crippen molar-refractivity contribution in [2.24, 2.45) is 0 Å². The average molecular weight is 687 g/mol. The lowest BCUT2D eigenvalue weighted by atomic mass is 10.1. The van der Waals surface area contributed by atoms with Crippen LogP contribution in [0, 0.1) is 0 Å². The molecular formula is C24H40Br2Cl2O8. The van der Waals surface area contributed by atoms with Crippen LogP contribution in [0.25, 0.3) is 0 Å². The van der Waals surface area contributed by atoms with Crippen LogP contribution in [0.2, 0.25) is 0 Å². The van der Waals surface area contributed by atoms with Crippen LogP contribution >= 0.6 is 55.1 Å². The SMILES string of the molecule is O=C(O)C(Br)CCCCCCCCC(Br)C(=O)O.O=C(O)C(Cl)CCCCCCCCC(Cl)C(=O)O. The number of hydrogen-bond donors (Lipinski definition) is 4. The Morgan fingerprint density at radius 1 is 0.444 bits per heavy atom. The van der Waals surface area contributed by atoms with E-state index in [1.165, 1.54) is 0 Å². The third-order valence-corrected chi connectivity index (χ3v) is 7.91. The Balaban J connectivity index is 0. The first kappa shape index (κ1) is 37.6. The zero-order chi connectivity index (χ0) is 27.9. The van der Waals surface area contributed by atoms with Crippen molar-refractivity contribution in [3.05, 3.63) is 0 Å². The summed E-state index contributed by atoms with van der Waals surface area (Å²) in [7, 11) is 0. The number of carbonyl (C=O) groups is 4. The van der Waals surface area contributed by atoms with Gasteiger partial charge in [0.15, 0.2) is 0 Å². The molecule has 4 atom stereocenters. The molecule has 0 aliphatic carbocycles. The van der Waals surface area contributed by atoms with Gasteiger partial charge >= 0.3 is 23.9 Å². The van der Waals surface area contributed by atoms with E-state index in [9.17, 15) is 19.2 Å². The molecule has 0 aromatic rings. The fourth-order valence-electron chi connectivity index (χ4n) is 3.20. The van der Waals surface area contributed by atoms with E-state index in [1.807, 2.05) is 0 Å². The predicted molar refractivity (Wildman–Crippen MR) is 149 cm³/mol. The van der Waals surface area contributed by atoms with E-state index >= 15 is 0 Å². The van der Waals surface area contributed by atoms with Crippen LogP contribution in [-0.2, 0) is 19.2 Å². The first-order valence-corrected chi connectivity index (χ1v) is 15.1. The summed E-state index contributed by atoms with van der Waals surface area (Å²) in [5, 5.41) is 32.9. The second-order valence-electron chi connectivity index (χ2n) is 8.62. The topological polar surface area (TPSA) is 149 Å². The Hall–Kier alpha value is -0.580. The molecule has 4 unspecified atom stereocenters. The number of aliphatic carboxylic acids is 4. The van der Waals surface area contributed by atoms with Gasteiger partial charge in [-0.1, -0.05) is 109 Å². The molecule has 36 heavy (non-hydrogen) atoms. The number of halogens is 4. The van der Waals surface area contributed by atoms with Gasteiger partial charge in [-0.15, -0.1) is 23.2 Å². The minimum atomic E-state index is -0.960. The van der Waals surface area contributed by atoms with Gasteiger partial charge in [-0.2, -0.15) is 0 Å². The van der Waals surface area contributed by atoms with Gasteiger partial charge in [0.2, 0.25) is 0 Å². The largest absolute Gasteiger partial charge is 0.480 e. The third kappa shape index (κ3) is 25.1. The van der Waals surface area contributed by atoms with E-state index < -0.39 is 44.3 Å². The molecule has 0 spiro atoms. The number of carboxylic acid groups (broad SMARTS) is 4. The van der Waals surface area contributed by atoms with Crippen LogP contribution in [0.4, 0.5) is 0 Å². The highest BCUT2D eigenvalue weighted by atomic mass is 79.9. The summed E-state index contributed by atoms with van der Waals surface area (Å²) < 4.78 is 0. The zero-order valence-electron chi connectivity index (χ0n) is 20.6. The minimum absolute atomic E-state index is 0.428. The third-order valence-electron chi connectivity index (χ3n) is 5.40. The van der Waals surface area contributed by atoms with Gasteiger partial charge in [0.25, 0.3) is 0 Å². The van der Waals surface area contributed by atoms with Gasteiger partial charge in [0.05, 0.1) is 0 Å². The smallest absolute Gasteiger partial charge is 0.321 e. The Kier molecular flexibility index (Phi) is 25.8. The van der Waals surface area contributed by atoms with Gasteiger partial charge in [-0.25, -0.2) is 0 Å². The second kappa shape index (κ2) is 24.7. The summed E-state index contributed by atoms with van der Waals surface area (Å²) >= 11 is 17.4. The van der Waals surface area contributed by atoms with Crippen molar-refractivity contribution in [3.8, 4) is 0 Å². The fourth-order valence-corrected chi connectivity index (χ4v) is 4.16. The molecule has 0 heterocycles. The number of carboxylic acids is 4. The highest BCUT2D eigenvalue weighted by Gasteiger charge is 2.14. The number of alkyl halides is 4. The standard InChI is InChI=1S/C12H20Br2O4.C12H20Cl2O4/c2*13-9(11(15)16)7-5-3-1-2-4-6-8-10(14)12(17)18/h2*9-10H,1-8H2,(H,15,16)(H,17,18). The first-order valence-electron chi connectivity index (χ1n) is 12.4. The highest BCUT2D eigenvalue weighted by Crippen LogP contribution is 2.16. The molecule has 8 nitrogen and oxygen atoms in total. The molecule has 212 valence electrons. The quantitative estimate of drug-likeness (QED) is 0.0685. The van der Waals surface area contributed by atoms with Crippen molar-refractivity contribution >= 4 is 78.9 Å². The van der Waals surface area contributed by atoms with Gasteiger partial charge in [0, 0.05) is 0 Å². The van der Waals surface area contributed by atoms with Crippen molar-refractivity contribution in [1.82, 2.24) is 0 Å². The fraction of sp³-hybridized carbons (Fsp3) is 0.833. The molecule has 0 aromatic carbocycles. The molecule has 0 aromatic heterocycles. The van der Waals surface area contributed by atoms with Crippen LogP contribution < -0.4 is 0 Å². The number of rotatable bonds is 22. The summed E-state index contributed by atoms with van der Waals surface area (Å²) in [5.74, 6) is -3.52. The normalized spacial score (nSPS) is 14.1. The van der Waals surface area contributed by atoms with Crippen LogP contribution in [0.3, 0.4) is 0 Å². The molecular weight excluding hydrogens is 647 g/mol. The second-order valence-corrected chi connectivity index (χ2v) is 11.9. The van der Waals surface area contributed by atoms with E-state index in [4.69, 9.17) is 43.6 Å². The maximum absolute atomic E-state index is 10.5. The number of unbranched alkanes of at least 4 members (excludes halogenated alkanes) is 10. The van der Waals surface area contributed by atoms with Crippen molar-refractivity contribution in [2.75, 3.05) is 0 Å². The summed E-state index contributed by atoms with van der Waals surface area (Å²) in [6, 6.07) is 0. The van der Waals surface area contributed by atoms with E-state index in [-0.39, 0.29) is 0 Å². The van der Waals surface area contributed by atoms with Crippen molar-refractivity contribution in [3.63, 3.8) is 0 Å². The first-order chi connectivity index (χ1) is 16.9. The van der Waals surface area contributed by atoms with Crippen molar-refractivity contribution in [2.45, 2.75) is 123 Å². The molecule has 0 amide bonds. The molecule has 0 aliphatic rings. The molecule has 0 radical (unpaired) electrons. The lowest BCUT2D eigenvalue weighted by molar-refractivity contribution is -0.137. The summed E-state index contributed by atoms with van der Waals surface area (Å²) in [6.07, 6.45) is 14.0. The Morgan fingerprint density at radius 3 is 0.889 bits per heavy atom. The molecule has 0 aliphatic heterocycles. The van der Waals surface area contributed by atoms with Gasteiger partial charge in [-0.3, -0.25) is 19.2 Å². The van der Waals surface area contributed by atoms with E-state index in [0.29, 0.717) is 25.7 Å². The monoisotopic (exact) mass is 684 g/mol. The zero-order valence-corrected chi connectivity index (χ0v) is 25.2. The Bertz CT molecular complexity index is 521. The maximum atomic E-state index is 10.5. The molecule has 4 N–H and O–H groups in total. The number of hydrogen-bond acceptors (Lipinski definition) is 4. The van der Waals surface area contributed by atoms with Gasteiger partial charge in [0.1, 0.15) is 20.4 Å². The van der Waals surface area contributed by atoms with Gasteiger partial charge in [-0.05, 0) is 25.7 Å². The summed E-state index contributed by atoms with van der Waals surface area (Å²) in [4.78, 5) is 41.1. The summed E-state index contributed by atoms with van der Waals surface area (Å²) in [6.45, 7) is 0. The van der Waals surface area contributed by atoms with E-state index in [0.717, 1.165) is 77.0 Å². The minimum Gasteiger partial charge on any atom is -0.480 e. The maximum Gasteiger partial charge on any atom is 0.321 e. The highest BCUT2D eigenvalue weighted by molar-refractivity contribution is 9.10. The molecule has 12 heteroatoms. The lowest BCUT2D eigenvalue weighted by Gasteiger charge is -2.05. The van der Waals surface area contributed by atoms with E-state index in [1.54, 1.807) is 0 Å². The molecule has 0 saturated carbocycles. The van der Waals surface area contributed by atoms with Crippen LogP contribution in [0.1, 0.15) is 103 Å². The summed E-state index contributed by atoms with van der Waals surface area (Å²) in [5.41, 5.74) is 0. The molecule has 0 saturated heterocycles. The van der Waals surface area contributed by atoms with Crippen molar-refractivity contribution < 1.29 is 39.6 Å². The molecule has 0 fully saturated rings. The van der Waals surface area contributed by atoms with E-state index in [2.05, 4.69) is 31.9 Å². The molecule has 0 bridgehead atoms. The predicted octanol–water partition coefficient (Wildman–Crippen LogP) is 7.29. The molecule has 0 rings (SSSR count).